The van der Waals surface area contributed by atoms with Crippen LogP contribution in [0, 0.1) is 6.92 Å². The van der Waals surface area contributed by atoms with Crippen molar-refractivity contribution in [2.75, 3.05) is 0 Å². The van der Waals surface area contributed by atoms with Gasteiger partial charge in [-0.2, -0.15) is 0 Å². The first-order valence-corrected chi connectivity index (χ1v) is 9.60. The molecule has 2 N–H and O–H groups in total. The number of hydrogen-bond donors (Lipinski definition) is 2. The first kappa shape index (κ1) is 18.4. The smallest absolute Gasteiger partial charge is 0.328 e. The molecule has 0 fully saturated rings. The van der Waals surface area contributed by atoms with Crippen molar-refractivity contribution in [2.24, 2.45) is 0 Å². The first-order valence-electron chi connectivity index (χ1n) is 7.74. The van der Waals surface area contributed by atoms with Crippen LogP contribution >= 0.6 is 11.6 Å². The standard InChI is InChI=1S/C16H16ClN3O5S/c1-3-20-8-10(14(21)19-16(20)22)7-18-26(23,24)15-9(2)12-6-11(17)4-5-13(12)25-15/h4-6,8,18H,3,7H2,1-2H3,(H,19,21,22). The Labute approximate surface area is 153 Å². The molecule has 0 aliphatic rings. The summed E-state index contributed by atoms with van der Waals surface area (Å²) in [4.78, 5) is 25.6. The summed E-state index contributed by atoms with van der Waals surface area (Å²) in [6.45, 7) is 3.41. The molecule has 2 heterocycles. The second-order valence-electron chi connectivity index (χ2n) is 5.68. The topological polar surface area (TPSA) is 114 Å². The Kier molecular flexibility index (Phi) is 4.78. The summed E-state index contributed by atoms with van der Waals surface area (Å²) < 4.78 is 34.2. The number of aromatic nitrogens is 2. The molecule has 10 heteroatoms. The number of furan rings is 1. The highest BCUT2D eigenvalue weighted by molar-refractivity contribution is 7.89. The molecule has 0 unspecified atom stereocenters. The van der Waals surface area contributed by atoms with Crippen LogP contribution in [-0.4, -0.2) is 18.0 Å². The fraction of sp³-hybridized carbons (Fsp3) is 0.250. The van der Waals surface area contributed by atoms with Gasteiger partial charge in [0.15, 0.2) is 0 Å². The molecule has 0 atom stereocenters. The van der Waals surface area contributed by atoms with E-state index in [1.54, 1.807) is 32.0 Å². The van der Waals surface area contributed by atoms with Crippen molar-refractivity contribution < 1.29 is 12.8 Å². The molecule has 0 aliphatic heterocycles. The number of fused-ring (bicyclic) bond motifs is 1. The maximum absolute atomic E-state index is 12.6. The van der Waals surface area contributed by atoms with E-state index in [0.717, 1.165) is 0 Å². The van der Waals surface area contributed by atoms with Crippen molar-refractivity contribution in [3.8, 4) is 0 Å². The fourth-order valence-electron chi connectivity index (χ4n) is 2.58. The van der Waals surface area contributed by atoms with Crippen molar-refractivity contribution in [2.45, 2.75) is 32.0 Å². The summed E-state index contributed by atoms with van der Waals surface area (Å²) in [6.07, 6.45) is 1.33. The third-order valence-corrected chi connectivity index (χ3v) is 5.61. The molecule has 3 rings (SSSR count). The lowest BCUT2D eigenvalue weighted by molar-refractivity contribution is 0.471. The van der Waals surface area contributed by atoms with Gasteiger partial charge in [0.25, 0.3) is 15.6 Å². The number of halogens is 1. The van der Waals surface area contributed by atoms with Crippen LogP contribution < -0.4 is 16.0 Å². The Morgan fingerprint density at radius 1 is 1.31 bits per heavy atom. The zero-order valence-corrected chi connectivity index (χ0v) is 15.6. The lowest BCUT2D eigenvalue weighted by Gasteiger charge is -2.07. The van der Waals surface area contributed by atoms with Gasteiger partial charge in [-0.1, -0.05) is 11.6 Å². The van der Waals surface area contributed by atoms with Crippen LogP contribution in [0.15, 0.2) is 43.5 Å². The molecule has 26 heavy (non-hydrogen) atoms. The molecule has 138 valence electrons. The number of aryl methyl sites for hydroxylation is 2. The number of aromatic amines is 1. The maximum atomic E-state index is 12.6. The highest BCUT2D eigenvalue weighted by atomic mass is 35.5. The summed E-state index contributed by atoms with van der Waals surface area (Å²) in [5.41, 5.74) is -0.261. The van der Waals surface area contributed by atoms with Crippen molar-refractivity contribution in [1.82, 2.24) is 14.3 Å². The number of H-pyrrole nitrogens is 1. The van der Waals surface area contributed by atoms with Gasteiger partial charge in [-0.15, -0.1) is 0 Å². The van der Waals surface area contributed by atoms with Gasteiger partial charge in [0.2, 0.25) is 5.09 Å². The third kappa shape index (κ3) is 3.33. The molecule has 0 saturated heterocycles. The third-order valence-electron chi connectivity index (χ3n) is 3.98. The molecule has 3 aromatic rings. The van der Waals surface area contributed by atoms with Gasteiger partial charge < -0.3 is 8.98 Å². The molecule has 0 spiro atoms. The second-order valence-corrected chi connectivity index (χ2v) is 7.78. The normalized spacial score (nSPS) is 12.0. The summed E-state index contributed by atoms with van der Waals surface area (Å²) in [7, 11) is -4.01. The predicted octanol–water partition coefficient (Wildman–Crippen LogP) is 1.74. The van der Waals surface area contributed by atoms with E-state index >= 15 is 0 Å². The first-order chi connectivity index (χ1) is 12.2. The van der Waals surface area contributed by atoms with Crippen molar-refractivity contribution in [1.29, 1.82) is 0 Å². The minimum atomic E-state index is -4.01. The van der Waals surface area contributed by atoms with Crippen molar-refractivity contribution in [3.63, 3.8) is 0 Å². The number of nitrogens with zero attached hydrogens (tertiary/aromatic N) is 1. The summed E-state index contributed by atoms with van der Waals surface area (Å²) in [6, 6.07) is 4.81. The Morgan fingerprint density at radius 2 is 2.04 bits per heavy atom. The minimum absolute atomic E-state index is 0.117. The molecule has 0 amide bonds. The van der Waals surface area contributed by atoms with Gasteiger partial charge in [0, 0.05) is 40.8 Å². The zero-order valence-electron chi connectivity index (χ0n) is 14.0. The lowest BCUT2D eigenvalue weighted by Crippen LogP contribution is -2.34. The van der Waals surface area contributed by atoms with Crippen molar-refractivity contribution >= 4 is 32.6 Å². The SMILES string of the molecule is CCn1cc(CNS(=O)(=O)c2oc3ccc(Cl)cc3c2C)c(=O)[nH]c1=O. The Balaban J connectivity index is 1.94. The van der Waals surface area contributed by atoms with Gasteiger partial charge in [-0.3, -0.25) is 9.78 Å². The number of hydrogen-bond acceptors (Lipinski definition) is 5. The van der Waals surface area contributed by atoms with Gasteiger partial charge in [-0.05, 0) is 32.0 Å². The van der Waals surface area contributed by atoms with E-state index in [1.165, 1.54) is 10.8 Å². The molecule has 2 aromatic heterocycles. The molecule has 0 aliphatic carbocycles. The Morgan fingerprint density at radius 3 is 2.73 bits per heavy atom. The van der Waals surface area contributed by atoms with Crippen LogP contribution in [0.5, 0.6) is 0 Å². The summed E-state index contributed by atoms with van der Waals surface area (Å²) >= 11 is 5.94. The molecule has 0 radical (unpaired) electrons. The summed E-state index contributed by atoms with van der Waals surface area (Å²) in [5.74, 6) is 0. The highest BCUT2D eigenvalue weighted by Gasteiger charge is 2.24. The number of sulfonamides is 1. The van der Waals surface area contributed by atoms with E-state index in [-0.39, 0.29) is 17.2 Å². The number of rotatable bonds is 5. The second kappa shape index (κ2) is 6.75. The quantitative estimate of drug-likeness (QED) is 0.680. The minimum Gasteiger partial charge on any atom is -0.443 e. The molecule has 1 aromatic carbocycles. The number of nitrogens with one attached hydrogen (secondary N) is 2. The highest BCUT2D eigenvalue weighted by Crippen LogP contribution is 2.30. The van der Waals surface area contributed by atoms with E-state index in [2.05, 4.69) is 9.71 Å². The Hall–Kier alpha value is -2.36. The molecular weight excluding hydrogens is 382 g/mol. The van der Waals surface area contributed by atoms with Gasteiger partial charge in [-0.25, -0.2) is 17.9 Å². The van der Waals surface area contributed by atoms with E-state index in [0.29, 0.717) is 28.1 Å². The zero-order chi connectivity index (χ0) is 19.1. The van der Waals surface area contributed by atoms with Crippen LogP contribution in [0.3, 0.4) is 0 Å². The predicted molar refractivity (Wildman–Crippen MR) is 97.0 cm³/mol. The maximum Gasteiger partial charge on any atom is 0.328 e. The largest absolute Gasteiger partial charge is 0.443 e. The average Bonchev–Trinajstić information content (AvgIpc) is 2.91. The average molecular weight is 398 g/mol. The van der Waals surface area contributed by atoms with E-state index in [9.17, 15) is 18.0 Å². The van der Waals surface area contributed by atoms with Gasteiger partial charge in [0.05, 0.1) is 0 Å². The molecular formula is C16H16ClN3O5S. The molecule has 0 bridgehead atoms. The molecule has 0 saturated carbocycles. The van der Waals surface area contributed by atoms with E-state index in [4.69, 9.17) is 16.0 Å². The van der Waals surface area contributed by atoms with E-state index < -0.39 is 21.3 Å². The Bertz CT molecular complexity index is 1210. The van der Waals surface area contributed by atoms with E-state index in [1.807, 2.05) is 0 Å². The lowest BCUT2D eigenvalue weighted by atomic mass is 10.2. The monoisotopic (exact) mass is 397 g/mol. The van der Waals surface area contributed by atoms with Crippen LogP contribution in [0.2, 0.25) is 5.02 Å². The van der Waals surface area contributed by atoms with Gasteiger partial charge in [0.1, 0.15) is 5.58 Å². The molecule has 8 nitrogen and oxygen atoms in total. The van der Waals surface area contributed by atoms with Crippen LogP contribution in [-0.2, 0) is 23.1 Å². The fourth-order valence-corrected chi connectivity index (χ4v) is 3.94. The summed E-state index contributed by atoms with van der Waals surface area (Å²) in [5, 5.41) is 0.817. The van der Waals surface area contributed by atoms with Crippen LogP contribution in [0.4, 0.5) is 0 Å². The van der Waals surface area contributed by atoms with Gasteiger partial charge >= 0.3 is 5.69 Å². The number of benzene rings is 1. The van der Waals surface area contributed by atoms with Crippen LogP contribution in [0.1, 0.15) is 18.1 Å². The van der Waals surface area contributed by atoms with Crippen molar-refractivity contribution in [3.05, 3.63) is 61.4 Å². The van der Waals surface area contributed by atoms with Crippen LogP contribution in [0.25, 0.3) is 11.0 Å².